The van der Waals surface area contributed by atoms with E-state index in [0.29, 0.717) is 0 Å². The summed E-state index contributed by atoms with van der Waals surface area (Å²) in [6, 6.07) is 16.4. The van der Waals surface area contributed by atoms with Gasteiger partial charge in [-0.15, -0.1) is 0 Å². The molecule has 2 aromatic rings. The quantitative estimate of drug-likeness (QED) is 0.621. The van der Waals surface area contributed by atoms with Gasteiger partial charge in [0, 0.05) is 0 Å². The molecule has 1 aliphatic rings. The van der Waals surface area contributed by atoms with Crippen LogP contribution in [0.25, 0.3) is 11.1 Å². The van der Waals surface area contributed by atoms with Crippen molar-refractivity contribution >= 4 is 5.97 Å². The molecule has 3 rings (SSSR count). The van der Waals surface area contributed by atoms with Crippen LogP contribution < -0.4 is 0 Å². The van der Waals surface area contributed by atoms with Crippen molar-refractivity contribution in [3.63, 3.8) is 0 Å². The molecule has 3 nitrogen and oxygen atoms in total. The fourth-order valence-corrected chi connectivity index (χ4v) is 2.67. The van der Waals surface area contributed by atoms with Gasteiger partial charge in [0.1, 0.15) is 11.7 Å². The monoisotopic (exact) mass is 310 g/mol. The average molecular weight is 310 g/mol. The fourth-order valence-electron chi connectivity index (χ4n) is 2.67. The van der Waals surface area contributed by atoms with E-state index in [1.54, 1.807) is 0 Å². The van der Waals surface area contributed by atoms with Crippen LogP contribution in [0.3, 0.4) is 0 Å². The average Bonchev–Trinajstić information content (AvgIpc) is 3.27. The minimum Gasteiger partial charge on any atom is -0.458 e. The molecule has 2 aromatic carbocycles. The SMILES string of the molecule is Cc1ccc(C2OC2C(=O)OC(C)(C)C)c(-c2ccccc2)c1. The van der Waals surface area contributed by atoms with Gasteiger partial charge in [-0.05, 0) is 44.4 Å². The lowest BCUT2D eigenvalue weighted by atomic mass is 9.95. The summed E-state index contributed by atoms with van der Waals surface area (Å²) >= 11 is 0. The lowest BCUT2D eigenvalue weighted by molar-refractivity contribution is -0.156. The molecule has 0 spiro atoms. The molecule has 0 bridgehead atoms. The Kier molecular flexibility index (Phi) is 3.99. The molecule has 1 fully saturated rings. The zero-order chi connectivity index (χ0) is 16.6. The van der Waals surface area contributed by atoms with Crippen molar-refractivity contribution in [2.75, 3.05) is 0 Å². The molecule has 120 valence electrons. The Bertz CT molecular complexity index is 713. The number of carbonyl (C=O) groups excluding carboxylic acids is 1. The van der Waals surface area contributed by atoms with Gasteiger partial charge in [-0.1, -0.05) is 54.1 Å². The van der Waals surface area contributed by atoms with Gasteiger partial charge in [0.2, 0.25) is 0 Å². The van der Waals surface area contributed by atoms with Crippen LogP contribution in [-0.4, -0.2) is 17.7 Å². The molecule has 0 saturated carbocycles. The normalized spacial score (nSPS) is 20.2. The van der Waals surface area contributed by atoms with Crippen LogP contribution in [0.15, 0.2) is 48.5 Å². The van der Waals surface area contributed by atoms with E-state index in [-0.39, 0.29) is 12.1 Å². The van der Waals surface area contributed by atoms with Gasteiger partial charge in [-0.25, -0.2) is 4.79 Å². The molecule has 0 radical (unpaired) electrons. The molecule has 1 heterocycles. The topological polar surface area (TPSA) is 38.8 Å². The minimum atomic E-state index is -0.501. The number of hydrogen-bond donors (Lipinski definition) is 0. The lowest BCUT2D eigenvalue weighted by Gasteiger charge is -2.18. The van der Waals surface area contributed by atoms with E-state index in [9.17, 15) is 4.79 Å². The van der Waals surface area contributed by atoms with Gasteiger partial charge in [-0.3, -0.25) is 0 Å². The van der Waals surface area contributed by atoms with Crippen LogP contribution in [0, 0.1) is 6.92 Å². The van der Waals surface area contributed by atoms with Crippen LogP contribution in [0.1, 0.15) is 38.0 Å². The van der Waals surface area contributed by atoms with Crippen molar-refractivity contribution in [3.8, 4) is 11.1 Å². The highest BCUT2D eigenvalue weighted by Crippen LogP contribution is 2.44. The number of esters is 1. The van der Waals surface area contributed by atoms with E-state index in [4.69, 9.17) is 9.47 Å². The second-order valence-electron chi connectivity index (χ2n) is 6.97. The van der Waals surface area contributed by atoms with Gasteiger partial charge < -0.3 is 9.47 Å². The summed E-state index contributed by atoms with van der Waals surface area (Å²) in [6.45, 7) is 7.66. The Hall–Kier alpha value is -2.13. The maximum absolute atomic E-state index is 12.2. The van der Waals surface area contributed by atoms with Crippen LogP contribution in [0.2, 0.25) is 0 Å². The van der Waals surface area contributed by atoms with Gasteiger partial charge in [0.15, 0.2) is 6.10 Å². The van der Waals surface area contributed by atoms with Gasteiger partial charge in [-0.2, -0.15) is 0 Å². The molecule has 1 aliphatic heterocycles. The largest absolute Gasteiger partial charge is 0.458 e. The molecular formula is C20H22O3. The summed E-state index contributed by atoms with van der Waals surface area (Å²) in [7, 11) is 0. The molecular weight excluding hydrogens is 288 g/mol. The molecule has 2 unspecified atom stereocenters. The van der Waals surface area contributed by atoms with Gasteiger partial charge in [0.25, 0.3) is 0 Å². The Morgan fingerprint density at radius 3 is 2.43 bits per heavy atom. The van der Waals surface area contributed by atoms with Crippen LogP contribution in [0.5, 0.6) is 0 Å². The van der Waals surface area contributed by atoms with E-state index in [0.717, 1.165) is 16.7 Å². The number of aryl methyl sites for hydroxylation is 1. The van der Waals surface area contributed by atoms with Gasteiger partial charge in [0.05, 0.1) is 0 Å². The Morgan fingerprint density at radius 1 is 1.09 bits per heavy atom. The van der Waals surface area contributed by atoms with Crippen LogP contribution >= 0.6 is 0 Å². The third-order valence-corrected chi connectivity index (χ3v) is 3.73. The zero-order valence-electron chi connectivity index (χ0n) is 14.0. The van der Waals surface area contributed by atoms with E-state index < -0.39 is 11.7 Å². The molecule has 3 heteroatoms. The maximum atomic E-state index is 12.2. The highest BCUT2D eigenvalue weighted by atomic mass is 16.6. The Labute approximate surface area is 137 Å². The summed E-state index contributed by atoms with van der Waals surface area (Å²) in [4.78, 5) is 12.2. The Balaban J connectivity index is 1.87. The first-order valence-electron chi connectivity index (χ1n) is 7.89. The molecule has 0 aliphatic carbocycles. The highest BCUT2D eigenvalue weighted by Gasteiger charge is 2.49. The molecule has 2 atom stereocenters. The number of rotatable bonds is 3. The van der Waals surface area contributed by atoms with Crippen molar-refractivity contribution in [2.24, 2.45) is 0 Å². The summed E-state index contributed by atoms with van der Waals surface area (Å²) < 4.78 is 11.1. The van der Waals surface area contributed by atoms with Crippen molar-refractivity contribution in [1.82, 2.24) is 0 Å². The van der Waals surface area contributed by atoms with Crippen molar-refractivity contribution in [1.29, 1.82) is 0 Å². The highest BCUT2D eigenvalue weighted by molar-refractivity contribution is 5.80. The van der Waals surface area contributed by atoms with E-state index >= 15 is 0 Å². The molecule has 0 amide bonds. The van der Waals surface area contributed by atoms with Crippen LogP contribution in [0.4, 0.5) is 0 Å². The smallest absolute Gasteiger partial charge is 0.338 e. The third-order valence-electron chi connectivity index (χ3n) is 3.73. The summed E-state index contributed by atoms with van der Waals surface area (Å²) in [5.41, 5.74) is 3.97. The van der Waals surface area contributed by atoms with Crippen LogP contribution in [-0.2, 0) is 14.3 Å². The van der Waals surface area contributed by atoms with E-state index in [1.807, 2.05) is 45.0 Å². The molecule has 23 heavy (non-hydrogen) atoms. The van der Waals surface area contributed by atoms with E-state index in [1.165, 1.54) is 5.56 Å². The number of epoxide rings is 1. The molecule has 0 N–H and O–H groups in total. The second-order valence-corrected chi connectivity index (χ2v) is 6.97. The molecule has 1 saturated heterocycles. The van der Waals surface area contributed by atoms with Gasteiger partial charge >= 0.3 is 5.97 Å². The fraction of sp³-hybridized carbons (Fsp3) is 0.350. The van der Waals surface area contributed by atoms with Crippen molar-refractivity contribution in [2.45, 2.75) is 45.5 Å². The first kappa shape index (κ1) is 15.8. The van der Waals surface area contributed by atoms with Crippen molar-refractivity contribution < 1.29 is 14.3 Å². The van der Waals surface area contributed by atoms with Crippen molar-refractivity contribution in [3.05, 3.63) is 59.7 Å². The Morgan fingerprint density at radius 2 is 1.78 bits per heavy atom. The standard InChI is InChI=1S/C20H22O3/c1-13-10-11-15(16(12-13)14-8-6-5-7-9-14)17-18(22-17)19(21)23-20(2,3)4/h5-12,17-18H,1-4H3. The first-order chi connectivity index (χ1) is 10.8. The second kappa shape index (κ2) is 5.82. The third kappa shape index (κ3) is 3.62. The summed E-state index contributed by atoms with van der Waals surface area (Å²) in [5, 5.41) is 0. The zero-order valence-corrected chi connectivity index (χ0v) is 14.0. The first-order valence-corrected chi connectivity index (χ1v) is 7.89. The minimum absolute atomic E-state index is 0.222. The number of carbonyl (C=O) groups is 1. The summed E-state index contributed by atoms with van der Waals surface area (Å²) in [6.07, 6.45) is -0.722. The van der Waals surface area contributed by atoms with E-state index in [2.05, 4.69) is 31.2 Å². The maximum Gasteiger partial charge on any atom is 0.338 e. The molecule has 0 aromatic heterocycles. The number of benzene rings is 2. The summed E-state index contributed by atoms with van der Waals surface area (Å²) in [5.74, 6) is -0.290. The lowest BCUT2D eigenvalue weighted by Crippen LogP contribution is -2.26. The number of hydrogen-bond acceptors (Lipinski definition) is 3. The predicted molar refractivity (Wildman–Crippen MR) is 90.1 cm³/mol. The number of ether oxygens (including phenoxy) is 2. The predicted octanol–water partition coefficient (Wildman–Crippen LogP) is 4.44.